The topological polar surface area (TPSA) is 47.4 Å². The van der Waals surface area contributed by atoms with Crippen molar-refractivity contribution < 1.29 is 9.53 Å². The molecule has 5 nitrogen and oxygen atoms in total. The highest BCUT2D eigenvalue weighted by Crippen LogP contribution is 2.15. The van der Waals surface area contributed by atoms with Crippen LogP contribution < -0.4 is 4.74 Å². The number of hydrogen-bond acceptors (Lipinski definition) is 3. The Morgan fingerprint density at radius 2 is 1.92 bits per heavy atom. The van der Waals surface area contributed by atoms with E-state index < -0.39 is 0 Å². The quantitative estimate of drug-likeness (QED) is 0.700. The van der Waals surface area contributed by atoms with E-state index in [4.69, 9.17) is 4.74 Å². The molecular formula is C19H21N3O2. The molecule has 3 aromatic rings. The molecule has 0 bridgehead atoms. The van der Waals surface area contributed by atoms with Crippen LogP contribution in [0.25, 0.3) is 10.9 Å². The van der Waals surface area contributed by atoms with Crippen molar-refractivity contribution in [1.29, 1.82) is 0 Å². The molecule has 24 heavy (non-hydrogen) atoms. The third-order valence-corrected chi connectivity index (χ3v) is 4.09. The molecule has 0 spiro atoms. The van der Waals surface area contributed by atoms with Crippen LogP contribution in [0.5, 0.6) is 5.75 Å². The highest BCUT2D eigenvalue weighted by atomic mass is 16.5. The fourth-order valence-corrected chi connectivity index (χ4v) is 2.69. The van der Waals surface area contributed by atoms with Crippen LogP contribution in [-0.4, -0.2) is 34.7 Å². The van der Waals surface area contributed by atoms with Crippen molar-refractivity contribution in [3.63, 3.8) is 0 Å². The van der Waals surface area contributed by atoms with Gasteiger partial charge in [0, 0.05) is 25.4 Å². The number of hydrogen-bond donors (Lipinski definition) is 0. The van der Waals surface area contributed by atoms with Crippen LogP contribution in [0, 0.1) is 0 Å². The van der Waals surface area contributed by atoms with Crippen LogP contribution >= 0.6 is 0 Å². The maximum absolute atomic E-state index is 12.4. The van der Waals surface area contributed by atoms with Gasteiger partial charge in [0.15, 0.2) is 0 Å². The summed E-state index contributed by atoms with van der Waals surface area (Å²) in [7, 11) is 3.47. The van der Waals surface area contributed by atoms with Gasteiger partial charge in [0.2, 0.25) is 5.91 Å². The maximum Gasteiger partial charge on any atom is 0.224 e. The fourth-order valence-electron chi connectivity index (χ4n) is 2.69. The smallest absolute Gasteiger partial charge is 0.224 e. The van der Waals surface area contributed by atoms with Gasteiger partial charge in [0.05, 0.1) is 25.4 Å². The lowest BCUT2D eigenvalue weighted by Crippen LogP contribution is -2.27. The number of methoxy groups -OCH3 is 1. The summed E-state index contributed by atoms with van der Waals surface area (Å²) >= 11 is 0. The number of amides is 1. The zero-order valence-corrected chi connectivity index (χ0v) is 14.0. The molecule has 0 unspecified atom stereocenters. The third-order valence-electron chi connectivity index (χ3n) is 4.09. The molecule has 0 aliphatic carbocycles. The average Bonchev–Trinajstić information content (AvgIpc) is 3.03. The summed E-state index contributed by atoms with van der Waals surface area (Å²) in [6, 6.07) is 15.8. The molecule has 0 saturated carbocycles. The number of fused-ring (bicyclic) bond motifs is 1. The van der Waals surface area contributed by atoms with Crippen LogP contribution in [0.15, 0.2) is 54.7 Å². The Labute approximate surface area is 141 Å². The van der Waals surface area contributed by atoms with Gasteiger partial charge in [-0.3, -0.25) is 9.48 Å². The predicted octanol–water partition coefficient (Wildman–Crippen LogP) is 3.09. The van der Waals surface area contributed by atoms with E-state index in [2.05, 4.69) is 5.10 Å². The highest BCUT2D eigenvalue weighted by molar-refractivity contribution is 5.79. The molecule has 124 valence electrons. The maximum atomic E-state index is 12.4. The number of aromatic nitrogens is 2. The van der Waals surface area contributed by atoms with E-state index in [1.165, 1.54) is 0 Å². The van der Waals surface area contributed by atoms with E-state index in [-0.39, 0.29) is 5.91 Å². The molecule has 3 rings (SSSR count). The van der Waals surface area contributed by atoms with Crippen molar-refractivity contribution in [1.82, 2.24) is 14.7 Å². The van der Waals surface area contributed by atoms with E-state index >= 15 is 0 Å². The minimum absolute atomic E-state index is 0.102. The second kappa shape index (κ2) is 7.17. The number of aryl methyl sites for hydroxylation is 1. The predicted molar refractivity (Wildman–Crippen MR) is 93.8 cm³/mol. The van der Waals surface area contributed by atoms with Gasteiger partial charge >= 0.3 is 0 Å². The number of carbonyl (C=O) groups is 1. The second-order valence-corrected chi connectivity index (χ2v) is 5.77. The standard InChI is InChI=1S/C19H21N3O2/c1-21(14-15-7-9-17(24-2)10-8-15)19(23)11-12-22-18-6-4-3-5-16(18)13-20-22/h3-10,13H,11-12,14H2,1-2H3. The zero-order chi connectivity index (χ0) is 16.9. The van der Waals surface area contributed by atoms with Crippen LogP contribution in [0.1, 0.15) is 12.0 Å². The Morgan fingerprint density at radius 1 is 1.17 bits per heavy atom. The number of para-hydroxylation sites is 1. The number of nitrogens with zero attached hydrogens (tertiary/aromatic N) is 3. The Balaban J connectivity index is 1.57. The largest absolute Gasteiger partial charge is 0.497 e. The van der Waals surface area contributed by atoms with Crippen molar-refractivity contribution in [2.45, 2.75) is 19.5 Å². The minimum atomic E-state index is 0.102. The lowest BCUT2D eigenvalue weighted by Gasteiger charge is -2.17. The number of benzene rings is 2. The summed E-state index contributed by atoms with van der Waals surface area (Å²) in [5, 5.41) is 5.46. The van der Waals surface area contributed by atoms with Crippen LogP contribution in [0.3, 0.4) is 0 Å². The highest BCUT2D eigenvalue weighted by Gasteiger charge is 2.11. The first kappa shape index (κ1) is 16.1. The van der Waals surface area contributed by atoms with E-state index in [1.54, 1.807) is 12.0 Å². The number of ether oxygens (including phenoxy) is 1. The van der Waals surface area contributed by atoms with E-state index in [0.717, 1.165) is 22.2 Å². The van der Waals surface area contributed by atoms with E-state index in [0.29, 0.717) is 19.5 Å². The van der Waals surface area contributed by atoms with Gasteiger partial charge in [-0.05, 0) is 23.8 Å². The lowest BCUT2D eigenvalue weighted by atomic mass is 10.2. The van der Waals surface area contributed by atoms with Gasteiger partial charge < -0.3 is 9.64 Å². The van der Waals surface area contributed by atoms with Crippen LogP contribution in [-0.2, 0) is 17.9 Å². The van der Waals surface area contributed by atoms with Crippen molar-refractivity contribution in [3.8, 4) is 5.75 Å². The Hall–Kier alpha value is -2.82. The number of rotatable bonds is 6. The van der Waals surface area contributed by atoms with E-state index in [1.807, 2.05) is 66.5 Å². The van der Waals surface area contributed by atoms with E-state index in [9.17, 15) is 4.79 Å². The summed E-state index contributed by atoms with van der Waals surface area (Å²) in [5.41, 5.74) is 2.14. The Morgan fingerprint density at radius 3 is 2.67 bits per heavy atom. The Kier molecular flexibility index (Phi) is 4.79. The Bertz CT molecular complexity index is 824. The molecule has 0 N–H and O–H groups in total. The zero-order valence-electron chi connectivity index (χ0n) is 14.0. The third kappa shape index (κ3) is 3.56. The normalized spacial score (nSPS) is 10.8. The average molecular weight is 323 g/mol. The van der Waals surface area contributed by atoms with Crippen molar-refractivity contribution >= 4 is 16.8 Å². The molecule has 1 aromatic heterocycles. The van der Waals surface area contributed by atoms with Crippen LogP contribution in [0.4, 0.5) is 0 Å². The van der Waals surface area contributed by atoms with Gasteiger partial charge in [-0.2, -0.15) is 5.10 Å². The van der Waals surface area contributed by atoms with Crippen molar-refractivity contribution in [2.75, 3.05) is 14.2 Å². The first-order valence-corrected chi connectivity index (χ1v) is 7.95. The second-order valence-electron chi connectivity index (χ2n) is 5.77. The SMILES string of the molecule is COc1ccc(CN(C)C(=O)CCn2ncc3ccccc32)cc1. The molecule has 0 saturated heterocycles. The molecule has 2 aromatic carbocycles. The minimum Gasteiger partial charge on any atom is -0.497 e. The monoisotopic (exact) mass is 323 g/mol. The summed E-state index contributed by atoms with van der Waals surface area (Å²) in [6.45, 7) is 1.17. The van der Waals surface area contributed by atoms with Crippen molar-refractivity contribution in [2.24, 2.45) is 0 Å². The lowest BCUT2D eigenvalue weighted by molar-refractivity contribution is -0.130. The molecular weight excluding hydrogens is 302 g/mol. The van der Waals surface area contributed by atoms with Gasteiger partial charge in [0.1, 0.15) is 5.75 Å². The summed E-state index contributed by atoms with van der Waals surface area (Å²) < 4.78 is 7.03. The van der Waals surface area contributed by atoms with Crippen molar-refractivity contribution in [3.05, 3.63) is 60.3 Å². The molecule has 5 heteroatoms. The molecule has 0 radical (unpaired) electrons. The molecule has 0 aliphatic rings. The van der Waals surface area contributed by atoms with Crippen LogP contribution in [0.2, 0.25) is 0 Å². The summed E-state index contributed by atoms with van der Waals surface area (Å²) in [6.07, 6.45) is 2.26. The fraction of sp³-hybridized carbons (Fsp3) is 0.263. The summed E-state index contributed by atoms with van der Waals surface area (Å²) in [4.78, 5) is 14.1. The van der Waals surface area contributed by atoms with Gasteiger partial charge in [-0.15, -0.1) is 0 Å². The van der Waals surface area contributed by atoms with Gasteiger partial charge in [-0.1, -0.05) is 30.3 Å². The molecule has 1 amide bonds. The summed E-state index contributed by atoms with van der Waals surface area (Å²) in [5.74, 6) is 0.920. The first-order chi connectivity index (χ1) is 11.7. The number of carbonyl (C=O) groups excluding carboxylic acids is 1. The van der Waals surface area contributed by atoms with Gasteiger partial charge in [0.25, 0.3) is 0 Å². The molecule has 1 heterocycles. The molecule has 0 aliphatic heterocycles. The first-order valence-electron chi connectivity index (χ1n) is 7.95. The molecule has 0 fully saturated rings. The van der Waals surface area contributed by atoms with Gasteiger partial charge in [-0.25, -0.2) is 0 Å². The molecule has 0 atom stereocenters.